The van der Waals surface area contributed by atoms with Crippen molar-refractivity contribution < 1.29 is 8.83 Å². The van der Waals surface area contributed by atoms with Crippen molar-refractivity contribution in [3.05, 3.63) is 296 Å². The molecule has 0 saturated heterocycles. The van der Waals surface area contributed by atoms with E-state index in [0.29, 0.717) is 0 Å². The number of furan rings is 2. The first-order chi connectivity index (χ1) is 44.4. The highest BCUT2D eigenvalue weighted by molar-refractivity contribution is 7.02. The predicted molar refractivity (Wildman–Crippen MR) is 385 cm³/mol. The Kier molecular flexibility index (Phi) is 12.4. The van der Waals surface area contributed by atoms with Crippen LogP contribution in [0.3, 0.4) is 0 Å². The van der Waals surface area contributed by atoms with E-state index >= 15 is 0 Å². The second kappa shape index (κ2) is 20.8. The Balaban J connectivity index is 1.00. The van der Waals surface area contributed by atoms with E-state index in [0.717, 1.165) is 123 Å². The summed E-state index contributed by atoms with van der Waals surface area (Å²) in [6.07, 6.45) is 0. The van der Waals surface area contributed by atoms with Gasteiger partial charge in [-0.05, 0) is 176 Å². The fourth-order valence-electron chi connectivity index (χ4n) is 14.5. The van der Waals surface area contributed by atoms with Crippen molar-refractivity contribution in [2.45, 2.75) is 52.4 Å². The molecule has 91 heavy (non-hydrogen) atoms. The predicted octanol–water partition coefficient (Wildman–Crippen LogP) is 21.9. The van der Waals surface area contributed by atoms with Gasteiger partial charge in [0.1, 0.15) is 16.7 Å². The number of anilines is 12. The Bertz CT molecular complexity index is 5350. The largest absolute Gasteiger partial charge is 0.456 e. The van der Waals surface area contributed by atoms with Crippen LogP contribution in [0.1, 0.15) is 52.7 Å². The van der Waals surface area contributed by atoms with Gasteiger partial charge in [-0.3, -0.25) is 0 Å². The van der Waals surface area contributed by atoms with Gasteiger partial charge in [-0.1, -0.05) is 211 Å². The lowest BCUT2D eigenvalue weighted by atomic mass is 9.33. The van der Waals surface area contributed by atoms with Gasteiger partial charge in [0.25, 0.3) is 6.71 Å². The highest BCUT2D eigenvalue weighted by Crippen LogP contribution is 2.52. The molecule has 0 amide bonds. The van der Waals surface area contributed by atoms with Gasteiger partial charge < -0.3 is 28.4 Å². The van der Waals surface area contributed by atoms with Gasteiger partial charge in [-0.25, -0.2) is 0 Å². The summed E-state index contributed by atoms with van der Waals surface area (Å²) in [6, 6.07) is 105. The lowest BCUT2D eigenvalue weighted by molar-refractivity contribution is 0.590. The van der Waals surface area contributed by atoms with E-state index in [9.17, 15) is 0 Å². The number of hydrogen-bond donors (Lipinski definition) is 0. The molecule has 17 rings (SSSR count). The second-order valence-corrected chi connectivity index (χ2v) is 26.5. The molecule has 15 aromatic rings. The molecule has 2 aliphatic rings. The Hall–Kier alpha value is -11.0. The number of benzene rings is 13. The monoisotopic (exact) mass is 1170 g/mol. The van der Waals surface area contributed by atoms with Crippen LogP contribution in [-0.4, -0.2) is 6.71 Å². The van der Waals surface area contributed by atoms with E-state index in [1.54, 1.807) is 0 Å². The maximum atomic E-state index is 7.00. The van der Waals surface area contributed by atoms with E-state index in [4.69, 9.17) is 8.83 Å². The van der Waals surface area contributed by atoms with Gasteiger partial charge in [0.15, 0.2) is 5.58 Å². The zero-order chi connectivity index (χ0) is 61.3. The summed E-state index contributed by atoms with van der Waals surface area (Å²) < 4.78 is 13.9. The molecule has 436 valence electrons. The van der Waals surface area contributed by atoms with Crippen molar-refractivity contribution in [1.29, 1.82) is 0 Å². The smallest absolute Gasteiger partial charge is 0.253 e. The molecular formula is C84H65BN4O2. The molecule has 0 bridgehead atoms. The molecule has 0 N–H and O–H groups in total. The van der Waals surface area contributed by atoms with Gasteiger partial charge in [0.05, 0.1) is 11.4 Å². The van der Waals surface area contributed by atoms with Gasteiger partial charge in [-0.15, -0.1) is 0 Å². The van der Waals surface area contributed by atoms with Crippen LogP contribution in [-0.2, 0) is 10.8 Å². The molecule has 13 aromatic carbocycles. The number of fused-ring (bicyclic) bond motifs is 12. The van der Waals surface area contributed by atoms with Crippen LogP contribution in [0.15, 0.2) is 294 Å². The average molecular weight is 1170 g/mol. The van der Waals surface area contributed by atoms with Gasteiger partial charge in [0, 0.05) is 78.4 Å². The van der Waals surface area contributed by atoms with Crippen molar-refractivity contribution in [3.8, 4) is 11.1 Å². The third-order valence-electron chi connectivity index (χ3n) is 18.9. The minimum Gasteiger partial charge on any atom is -0.456 e. The van der Waals surface area contributed by atoms with Crippen molar-refractivity contribution >= 4 is 146 Å². The zero-order valence-corrected chi connectivity index (χ0v) is 51.8. The summed E-state index contributed by atoms with van der Waals surface area (Å²) in [5.41, 5.74) is 24.2. The SMILES string of the molecule is CC(C)(C)c1ccc(N2c3cc(N(c4cccc(-c5ccccc5)c4)c4cccc5c4oc4ccccc45)ccc3B3c4c2cc(N(c2ccccc2)c2ccc5ccccc5c2)cc4N(c2ccc(C(C)(C)C)cc2)c2ccc4oc5ccccc5c4c23)cc1. The van der Waals surface area contributed by atoms with Crippen molar-refractivity contribution in [2.75, 3.05) is 19.6 Å². The van der Waals surface area contributed by atoms with Crippen LogP contribution >= 0.6 is 0 Å². The van der Waals surface area contributed by atoms with Crippen LogP contribution in [0.2, 0.25) is 0 Å². The molecule has 6 nitrogen and oxygen atoms in total. The van der Waals surface area contributed by atoms with E-state index < -0.39 is 0 Å². The van der Waals surface area contributed by atoms with Crippen molar-refractivity contribution in [3.63, 3.8) is 0 Å². The number of hydrogen-bond acceptors (Lipinski definition) is 6. The molecule has 4 heterocycles. The standard InChI is InChI=1S/C84H65BN4O2/c1-83(2,3)58-36-41-61(42-37-58)88-71-47-48-78-79(69-30-16-18-34-77(69)90-78)81(71)85-70-46-45-65(87(63-28-19-25-57(49-63)54-21-9-7-10-22-54)72-32-20-31-68-67-29-15-17-33-76(67)91-82(68)72)51-73(70)89(62-43-38-59(39-44-62)84(4,5)6)75-53-66(52-74(88)80(75)85)86(60-26-11-8-12-27-60)64-40-35-55-23-13-14-24-56(55)50-64/h7-53H,1-6H3. The molecule has 0 saturated carbocycles. The van der Waals surface area contributed by atoms with Crippen molar-refractivity contribution in [1.82, 2.24) is 0 Å². The minimum atomic E-state index is -0.266. The third kappa shape index (κ3) is 8.93. The lowest BCUT2D eigenvalue weighted by Gasteiger charge is -2.45. The average Bonchev–Trinajstić information content (AvgIpc) is 1.41. The van der Waals surface area contributed by atoms with Crippen LogP contribution in [0.4, 0.5) is 68.2 Å². The van der Waals surface area contributed by atoms with E-state index in [1.807, 2.05) is 0 Å². The molecule has 0 spiro atoms. The van der Waals surface area contributed by atoms with Crippen molar-refractivity contribution in [2.24, 2.45) is 0 Å². The van der Waals surface area contributed by atoms with Gasteiger partial charge in [-0.2, -0.15) is 0 Å². The Morgan fingerprint density at radius 3 is 1.57 bits per heavy atom. The fourth-order valence-corrected chi connectivity index (χ4v) is 14.5. The van der Waals surface area contributed by atoms with E-state index in [1.165, 1.54) is 38.3 Å². The molecule has 0 unspecified atom stereocenters. The highest BCUT2D eigenvalue weighted by atomic mass is 16.3. The Morgan fingerprint density at radius 1 is 0.330 bits per heavy atom. The van der Waals surface area contributed by atoms with Crippen LogP contribution in [0.25, 0.3) is 65.8 Å². The molecule has 7 heteroatoms. The summed E-state index contributed by atoms with van der Waals surface area (Å²) in [4.78, 5) is 9.96. The van der Waals surface area contributed by atoms with E-state index in [-0.39, 0.29) is 17.5 Å². The summed E-state index contributed by atoms with van der Waals surface area (Å²) in [5.74, 6) is 0. The normalized spacial score (nSPS) is 12.9. The van der Waals surface area contributed by atoms with Crippen LogP contribution in [0.5, 0.6) is 0 Å². The minimum absolute atomic E-state index is 0.0507. The fraction of sp³-hybridized carbons (Fsp3) is 0.0952. The summed E-state index contributed by atoms with van der Waals surface area (Å²) in [7, 11) is 0. The maximum Gasteiger partial charge on any atom is 0.253 e. The number of rotatable bonds is 9. The first-order valence-corrected chi connectivity index (χ1v) is 31.7. The molecule has 0 fully saturated rings. The first-order valence-electron chi connectivity index (χ1n) is 31.7. The van der Waals surface area contributed by atoms with Crippen LogP contribution < -0.4 is 36.0 Å². The molecule has 0 radical (unpaired) electrons. The molecule has 0 atom stereocenters. The van der Waals surface area contributed by atoms with Gasteiger partial charge in [0.2, 0.25) is 0 Å². The molecule has 0 aliphatic carbocycles. The molecule has 2 aliphatic heterocycles. The lowest BCUT2D eigenvalue weighted by Crippen LogP contribution is -2.61. The molecular weight excluding hydrogens is 1110 g/mol. The summed E-state index contributed by atoms with van der Waals surface area (Å²) >= 11 is 0. The topological polar surface area (TPSA) is 39.2 Å². The van der Waals surface area contributed by atoms with Gasteiger partial charge >= 0.3 is 0 Å². The number of para-hydroxylation sites is 4. The highest BCUT2D eigenvalue weighted by Gasteiger charge is 2.46. The zero-order valence-electron chi connectivity index (χ0n) is 51.8. The quantitative estimate of drug-likeness (QED) is 0.134. The second-order valence-electron chi connectivity index (χ2n) is 26.5. The Morgan fingerprint density at radius 2 is 0.868 bits per heavy atom. The first kappa shape index (κ1) is 54.2. The summed E-state index contributed by atoms with van der Waals surface area (Å²) in [6.45, 7) is 13.5. The maximum absolute atomic E-state index is 7.00. The third-order valence-corrected chi connectivity index (χ3v) is 18.9. The number of nitrogens with zero attached hydrogens (tertiary/aromatic N) is 4. The summed E-state index contributed by atoms with van der Waals surface area (Å²) in [5, 5.41) is 6.71. The Labute approximate surface area is 531 Å². The molecule has 2 aromatic heterocycles. The van der Waals surface area contributed by atoms with Crippen LogP contribution in [0, 0.1) is 0 Å². The van der Waals surface area contributed by atoms with E-state index in [2.05, 4.69) is 346 Å².